The van der Waals surface area contributed by atoms with Gasteiger partial charge in [-0.15, -0.1) is 0 Å². The van der Waals surface area contributed by atoms with Crippen LogP contribution in [0.4, 0.5) is 15.3 Å². The number of hydrogen-bond acceptors (Lipinski definition) is 4. The predicted molar refractivity (Wildman–Crippen MR) is 132 cm³/mol. The van der Waals surface area contributed by atoms with Crippen LogP contribution in [0.15, 0.2) is 53.4 Å². The number of nitrogens with one attached hydrogen (secondary N) is 2. The fourth-order valence-electron chi connectivity index (χ4n) is 3.40. The minimum absolute atomic E-state index is 0.110. The normalized spacial score (nSPS) is 14.5. The maximum atomic E-state index is 12.5. The lowest BCUT2D eigenvalue weighted by atomic mass is 10.0. The van der Waals surface area contributed by atoms with E-state index in [4.69, 9.17) is 0 Å². The van der Waals surface area contributed by atoms with E-state index in [0.29, 0.717) is 11.4 Å². The molecule has 0 bridgehead atoms. The molecule has 0 atom stereocenters. The number of hydrogen-bond donors (Lipinski definition) is 2. The number of imide groups is 1. The Balaban J connectivity index is 1.61. The van der Waals surface area contributed by atoms with Gasteiger partial charge >= 0.3 is 6.03 Å². The van der Waals surface area contributed by atoms with Crippen molar-refractivity contribution in [1.29, 1.82) is 0 Å². The van der Waals surface area contributed by atoms with Crippen LogP contribution >= 0.6 is 11.8 Å². The number of amides is 4. The third-order valence-electron chi connectivity index (χ3n) is 5.28. The zero-order chi connectivity index (χ0) is 22.9. The summed E-state index contributed by atoms with van der Waals surface area (Å²) in [5, 5.41) is 4.89. The Morgan fingerprint density at radius 3 is 2.47 bits per heavy atom. The molecule has 1 aliphatic heterocycles. The van der Waals surface area contributed by atoms with Gasteiger partial charge in [-0.2, -0.15) is 0 Å². The number of rotatable bonds is 9. The summed E-state index contributed by atoms with van der Waals surface area (Å²) in [6.07, 6.45) is 7.50. The molecule has 6 nitrogen and oxygen atoms in total. The fraction of sp³-hybridized carbons (Fsp3) is 0.320. The van der Waals surface area contributed by atoms with Gasteiger partial charge < -0.3 is 5.32 Å². The Kier molecular flexibility index (Phi) is 8.50. The number of benzene rings is 2. The summed E-state index contributed by atoms with van der Waals surface area (Å²) < 4.78 is 0. The van der Waals surface area contributed by atoms with Crippen molar-refractivity contribution in [2.75, 3.05) is 18.5 Å². The first-order chi connectivity index (χ1) is 15.5. The summed E-state index contributed by atoms with van der Waals surface area (Å²) in [5.41, 5.74) is 3.64. The maximum absolute atomic E-state index is 12.5. The topological polar surface area (TPSA) is 78.5 Å². The van der Waals surface area contributed by atoms with E-state index in [9.17, 15) is 14.4 Å². The lowest BCUT2D eigenvalue weighted by Gasteiger charge is -2.19. The van der Waals surface area contributed by atoms with Crippen LogP contribution in [0.2, 0.25) is 0 Å². The lowest BCUT2D eigenvalue weighted by Crippen LogP contribution is -2.37. The molecule has 7 heteroatoms. The monoisotopic (exact) mass is 451 g/mol. The lowest BCUT2D eigenvalue weighted by molar-refractivity contribution is -0.115. The van der Waals surface area contributed by atoms with Crippen molar-refractivity contribution in [3.8, 4) is 11.1 Å². The van der Waals surface area contributed by atoms with Crippen molar-refractivity contribution in [2.24, 2.45) is 0 Å². The summed E-state index contributed by atoms with van der Waals surface area (Å²) in [6, 6.07) is 15.4. The van der Waals surface area contributed by atoms with Crippen molar-refractivity contribution in [2.45, 2.75) is 39.0 Å². The zero-order valence-electron chi connectivity index (χ0n) is 18.5. The highest BCUT2D eigenvalue weighted by atomic mass is 32.2. The Hall–Kier alpha value is -3.06. The number of thioether (sulfide) groups is 1. The van der Waals surface area contributed by atoms with Crippen LogP contribution in [0.1, 0.15) is 44.6 Å². The van der Waals surface area contributed by atoms with Crippen molar-refractivity contribution in [1.82, 2.24) is 10.6 Å². The molecule has 0 saturated carbocycles. The van der Waals surface area contributed by atoms with E-state index in [1.54, 1.807) is 18.0 Å². The van der Waals surface area contributed by atoms with Gasteiger partial charge in [-0.25, -0.2) is 4.79 Å². The van der Waals surface area contributed by atoms with Crippen molar-refractivity contribution < 1.29 is 14.4 Å². The molecule has 2 aromatic carbocycles. The molecular formula is C25H29N3O3S. The van der Waals surface area contributed by atoms with Crippen LogP contribution in [0, 0.1) is 0 Å². The average molecular weight is 452 g/mol. The zero-order valence-corrected chi connectivity index (χ0v) is 19.3. The highest BCUT2D eigenvalue weighted by Gasteiger charge is 2.24. The summed E-state index contributed by atoms with van der Waals surface area (Å²) >= 11 is 0.905. The van der Waals surface area contributed by atoms with Crippen LogP contribution in [0.25, 0.3) is 17.2 Å². The first-order valence-electron chi connectivity index (χ1n) is 10.9. The molecule has 0 aromatic heterocycles. The maximum Gasteiger partial charge on any atom is 0.321 e. The molecule has 0 radical (unpaired) electrons. The molecule has 1 aliphatic rings. The Morgan fingerprint density at radius 2 is 1.78 bits per heavy atom. The summed E-state index contributed by atoms with van der Waals surface area (Å²) in [5.74, 6) is -0.362. The van der Waals surface area contributed by atoms with E-state index < -0.39 is 0 Å². The molecule has 32 heavy (non-hydrogen) atoms. The van der Waals surface area contributed by atoms with Crippen LogP contribution in [0.3, 0.4) is 0 Å². The summed E-state index contributed by atoms with van der Waals surface area (Å²) in [6.45, 7) is 2.88. The smallest absolute Gasteiger partial charge is 0.321 e. The molecule has 0 spiro atoms. The molecule has 1 saturated heterocycles. The van der Waals surface area contributed by atoms with Crippen molar-refractivity contribution in [3.05, 3.63) is 59.0 Å². The SMILES string of the molecule is CCCCCCCNC(=O)N(C)c1cccc(-c2ccc(/C=C3/SC(=O)NC3=O)cc2)c1. The molecule has 1 fully saturated rings. The summed E-state index contributed by atoms with van der Waals surface area (Å²) in [4.78, 5) is 37.5. The highest BCUT2D eigenvalue weighted by molar-refractivity contribution is 8.18. The number of anilines is 1. The Morgan fingerprint density at radius 1 is 1.03 bits per heavy atom. The first kappa shape index (κ1) is 23.6. The van der Waals surface area contributed by atoms with Gasteiger partial charge in [-0.1, -0.05) is 69.0 Å². The van der Waals surface area contributed by atoms with Crippen molar-refractivity contribution in [3.63, 3.8) is 0 Å². The van der Waals surface area contributed by atoms with Gasteiger partial charge in [0.05, 0.1) is 4.91 Å². The van der Waals surface area contributed by atoms with Crippen LogP contribution in [0.5, 0.6) is 0 Å². The molecule has 3 rings (SSSR count). The van der Waals surface area contributed by atoms with Gasteiger partial charge in [0.1, 0.15) is 0 Å². The van der Waals surface area contributed by atoms with Crippen LogP contribution in [-0.2, 0) is 4.79 Å². The predicted octanol–water partition coefficient (Wildman–Crippen LogP) is 5.79. The van der Waals surface area contributed by atoms with Gasteiger partial charge in [0.25, 0.3) is 11.1 Å². The Bertz CT molecular complexity index is 1000. The quantitative estimate of drug-likeness (QED) is 0.373. The number of urea groups is 1. The third kappa shape index (κ3) is 6.47. The van der Waals surface area contributed by atoms with E-state index in [1.807, 2.05) is 48.5 Å². The average Bonchev–Trinajstić information content (AvgIpc) is 3.12. The van der Waals surface area contributed by atoms with Crippen LogP contribution in [-0.4, -0.2) is 30.8 Å². The summed E-state index contributed by atoms with van der Waals surface area (Å²) in [7, 11) is 1.77. The number of carbonyl (C=O) groups excluding carboxylic acids is 3. The minimum Gasteiger partial charge on any atom is -0.338 e. The van der Waals surface area contributed by atoms with E-state index in [0.717, 1.165) is 47.0 Å². The van der Waals surface area contributed by atoms with E-state index in [-0.39, 0.29) is 17.2 Å². The van der Waals surface area contributed by atoms with Gasteiger partial charge in [-0.3, -0.25) is 19.8 Å². The second-order valence-electron chi connectivity index (χ2n) is 7.73. The number of carbonyl (C=O) groups is 3. The first-order valence-corrected chi connectivity index (χ1v) is 11.8. The fourth-order valence-corrected chi connectivity index (χ4v) is 4.08. The van der Waals surface area contributed by atoms with Crippen molar-refractivity contribution >= 4 is 40.7 Å². The van der Waals surface area contributed by atoms with E-state index in [2.05, 4.69) is 17.6 Å². The molecule has 4 amide bonds. The van der Waals surface area contributed by atoms with E-state index in [1.165, 1.54) is 19.3 Å². The van der Waals surface area contributed by atoms with Crippen LogP contribution < -0.4 is 15.5 Å². The second kappa shape index (κ2) is 11.5. The molecule has 2 N–H and O–H groups in total. The van der Waals surface area contributed by atoms with Gasteiger partial charge in [0.2, 0.25) is 0 Å². The van der Waals surface area contributed by atoms with Gasteiger partial charge in [-0.05, 0) is 53.1 Å². The molecule has 0 aliphatic carbocycles. The van der Waals surface area contributed by atoms with E-state index >= 15 is 0 Å². The molecule has 1 heterocycles. The molecular weight excluding hydrogens is 422 g/mol. The number of unbranched alkanes of at least 4 members (excludes halogenated alkanes) is 4. The Labute approximate surface area is 193 Å². The minimum atomic E-state index is -0.362. The number of nitrogens with zero attached hydrogens (tertiary/aromatic N) is 1. The molecule has 2 aromatic rings. The third-order valence-corrected chi connectivity index (χ3v) is 6.09. The largest absolute Gasteiger partial charge is 0.338 e. The van der Waals surface area contributed by atoms with Gasteiger partial charge in [0.15, 0.2) is 0 Å². The molecule has 168 valence electrons. The standard InChI is InChI=1S/C25H29N3O3S/c1-3-4-5-6-7-15-26-24(30)28(2)21-10-8-9-20(17-21)19-13-11-18(12-14-19)16-22-23(29)27-25(31)32-22/h8-14,16-17H,3-7,15H2,1-2H3,(H,26,30)(H,27,29,31)/b22-16+. The van der Waals surface area contributed by atoms with Gasteiger partial charge in [0, 0.05) is 19.3 Å². The molecule has 0 unspecified atom stereocenters. The second-order valence-corrected chi connectivity index (χ2v) is 8.74. The highest BCUT2D eigenvalue weighted by Crippen LogP contribution is 2.28.